The number of imide groups is 1. The number of carbonyl (C=O) groups is 3. The van der Waals surface area contributed by atoms with Crippen LogP contribution in [0.1, 0.15) is 25.5 Å². The van der Waals surface area contributed by atoms with Gasteiger partial charge in [-0.25, -0.2) is 4.79 Å². The molecule has 9 heteroatoms. The van der Waals surface area contributed by atoms with E-state index in [-0.39, 0.29) is 18.4 Å². The van der Waals surface area contributed by atoms with E-state index in [1.807, 2.05) is 0 Å². The summed E-state index contributed by atoms with van der Waals surface area (Å²) in [6.07, 6.45) is 3.29. The Morgan fingerprint density at radius 3 is 2.92 bits per heavy atom. The van der Waals surface area contributed by atoms with Gasteiger partial charge < -0.3 is 19.0 Å². The lowest BCUT2D eigenvalue weighted by Gasteiger charge is -2.20. The van der Waals surface area contributed by atoms with Crippen LogP contribution in [0.2, 0.25) is 0 Å². The lowest BCUT2D eigenvalue weighted by Crippen LogP contribution is -2.46. The van der Waals surface area contributed by atoms with Crippen molar-refractivity contribution in [3.8, 4) is 11.5 Å². The minimum atomic E-state index is -0.915. The van der Waals surface area contributed by atoms with Crippen LogP contribution >= 0.6 is 0 Å². The summed E-state index contributed by atoms with van der Waals surface area (Å²) in [5.41, 5.74) is -0.522. The zero-order chi connectivity index (χ0) is 18.3. The SMILES string of the molecule is C[C@@]1(C2CC2)NC(=O)N(CC(=O)OCc2cc(-c3ccco3)on2)C1=O. The molecule has 1 saturated heterocycles. The lowest BCUT2D eigenvalue weighted by atomic mass is 9.96. The second-order valence-electron chi connectivity index (χ2n) is 6.62. The van der Waals surface area contributed by atoms with Gasteiger partial charge in [0.2, 0.25) is 5.76 Å². The molecular formula is C17H17N3O6. The van der Waals surface area contributed by atoms with Gasteiger partial charge in [-0.15, -0.1) is 0 Å². The third-order valence-corrected chi connectivity index (χ3v) is 4.69. The Morgan fingerprint density at radius 2 is 2.23 bits per heavy atom. The van der Waals surface area contributed by atoms with Crippen molar-refractivity contribution in [2.24, 2.45) is 5.92 Å². The van der Waals surface area contributed by atoms with Crippen LogP contribution in [0.4, 0.5) is 4.79 Å². The zero-order valence-corrected chi connectivity index (χ0v) is 14.1. The van der Waals surface area contributed by atoms with E-state index in [2.05, 4.69) is 10.5 Å². The Labute approximate surface area is 148 Å². The molecule has 9 nitrogen and oxygen atoms in total. The summed E-state index contributed by atoms with van der Waals surface area (Å²) in [6, 6.07) is 4.45. The molecule has 2 aromatic heterocycles. The molecule has 136 valence electrons. The first-order chi connectivity index (χ1) is 12.5. The third-order valence-electron chi connectivity index (χ3n) is 4.69. The Balaban J connectivity index is 1.33. The number of carbonyl (C=O) groups excluding carboxylic acids is 3. The summed E-state index contributed by atoms with van der Waals surface area (Å²) in [6.45, 7) is 1.13. The van der Waals surface area contributed by atoms with Gasteiger partial charge in [0.1, 0.15) is 24.4 Å². The predicted molar refractivity (Wildman–Crippen MR) is 85.4 cm³/mol. The second-order valence-corrected chi connectivity index (χ2v) is 6.62. The largest absolute Gasteiger partial charge is 0.461 e. The van der Waals surface area contributed by atoms with Gasteiger partial charge in [-0.2, -0.15) is 0 Å². The van der Waals surface area contributed by atoms with Gasteiger partial charge in [-0.3, -0.25) is 14.5 Å². The molecule has 3 heterocycles. The number of ether oxygens (including phenoxy) is 1. The van der Waals surface area contributed by atoms with Crippen LogP contribution in [0, 0.1) is 5.92 Å². The fourth-order valence-electron chi connectivity index (χ4n) is 3.04. The topological polar surface area (TPSA) is 115 Å². The first kappa shape index (κ1) is 16.4. The van der Waals surface area contributed by atoms with E-state index >= 15 is 0 Å². The van der Waals surface area contributed by atoms with Crippen LogP contribution in [0.25, 0.3) is 11.5 Å². The van der Waals surface area contributed by atoms with Crippen molar-refractivity contribution in [3.63, 3.8) is 0 Å². The van der Waals surface area contributed by atoms with E-state index in [9.17, 15) is 14.4 Å². The van der Waals surface area contributed by atoms with Crippen molar-refractivity contribution in [2.75, 3.05) is 6.54 Å². The maximum absolute atomic E-state index is 12.5. The molecule has 1 aliphatic carbocycles. The van der Waals surface area contributed by atoms with Gasteiger partial charge in [0, 0.05) is 6.07 Å². The number of furan rings is 1. The standard InChI is InChI=1S/C17H17N3O6/c1-17(10-4-5-10)15(22)20(16(23)18-17)8-14(21)25-9-11-7-13(26-19-11)12-3-2-6-24-12/h2-3,6-7,10H,4-5,8-9H2,1H3,(H,18,23)/t17-/m0/s1. The number of hydrogen-bond donors (Lipinski definition) is 1. The highest BCUT2D eigenvalue weighted by Crippen LogP contribution is 2.42. The van der Waals surface area contributed by atoms with Crippen LogP contribution in [0.15, 0.2) is 33.4 Å². The van der Waals surface area contributed by atoms with Crippen LogP contribution < -0.4 is 5.32 Å². The molecule has 0 bridgehead atoms. The molecular weight excluding hydrogens is 342 g/mol. The maximum atomic E-state index is 12.5. The molecule has 2 aliphatic rings. The van der Waals surface area contributed by atoms with E-state index in [0.717, 1.165) is 17.7 Å². The van der Waals surface area contributed by atoms with Crippen molar-refractivity contribution in [3.05, 3.63) is 30.2 Å². The van der Waals surface area contributed by atoms with Crippen LogP contribution in [0.3, 0.4) is 0 Å². The molecule has 1 aliphatic heterocycles. The van der Waals surface area contributed by atoms with Gasteiger partial charge >= 0.3 is 12.0 Å². The number of nitrogens with zero attached hydrogens (tertiary/aromatic N) is 2. The van der Waals surface area contributed by atoms with E-state index < -0.39 is 24.1 Å². The number of amides is 3. The van der Waals surface area contributed by atoms with Crippen LogP contribution in [-0.4, -0.2) is 40.0 Å². The predicted octanol–water partition coefficient (Wildman–Crippen LogP) is 1.70. The number of urea groups is 1. The van der Waals surface area contributed by atoms with Crippen molar-refractivity contribution in [1.82, 2.24) is 15.4 Å². The quantitative estimate of drug-likeness (QED) is 0.616. The highest BCUT2D eigenvalue weighted by molar-refractivity contribution is 6.08. The summed E-state index contributed by atoms with van der Waals surface area (Å²) in [4.78, 5) is 37.4. The van der Waals surface area contributed by atoms with Crippen molar-refractivity contribution in [1.29, 1.82) is 0 Å². The minimum Gasteiger partial charge on any atom is -0.461 e. The highest BCUT2D eigenvalue weighted by atomic mass is 16.5. The Morgan fingerprint density at radius 1 is 1.42 bits per heavy atom. The van der Waals surface area contributed by atoms with Crippen molar-refractivity contribution in [2.45, 2.75) is 31.9 Å². The molecule has 0 unspecified atom stereocenters. The average molecular weight is 359 g/mol. The third kappa shape index (κ3) is 2.85. The number of rotatable bonds is 6. The van der Waals surface area contributed by atoms with E-state index in [1.54, 1.807) is 25.1 Å². The summed E-state index contributed by atoms with van der Waals surface area (Å²) < 4.78 is 15.4. The normalized spacial score (nSPS) is 22.6. The molecule has 26 heavy (non-hydrogen) atoms. The number of hydrogen-bond acceptors (Lipinski definition) is 7. The lowest BCUT2D eigenvalue weighted by molar-refractivity contribution is -0.149. The van der Waals surface area contributed by atoms with E-state index in [4.69, 9.17) is 13.7 Å². The second kappa shape index (κ2) is 6.01. The summed E-state index contributed by atoms with van der Waals surface area (Å²) in [5, 5.41) is 6.47. The maximum Gasteiger partial charge on any atom is 0.326 e. The summed E-state index contributed by atoms with van der Waals surface area (Å²) >= 11 is 0. The molecule has 0 spiro atoms. The Bertz CT molecular complexity index is 854. The molecule has 1 atom stereocenters. The zero-order valence-electron chi connectivity index (χ0n) is 14.1. The van der Waals surface area contributed by atoms with Crippen molar-refractivity contribution >= 4 is 17.9 Å². The minimum absolute atomic E-state index is 0.132. The number of aromatic nitrogens is 1. The molecule has 3 amide bonds. The number of nitrogens with one attached hydrogen (secondary N) is 1. The highest BCUT2D eigenvalue weighted by Gasteiger charge is 2.56. The molecule has 2 aromatic rings. The fourth-order valence-corrected chi connectivity index (χ4v) is 3.04. The van der Waals surface area contributed by atoms with E-state index in [1.165, 1.54) is 6.26 Å². The monoisotopic (exact) mass is 359 g/mol. The molecule has 2 fully saturated rings. The van der Waals surface area contributed by atoms with Gasteiger partial charge in [0.25, 0.3) is 5.91 Å². The molecule has 1 saturated carbocycles. The molecule has 1 N–H and O–H groups in total. The summed E-state index contributed by atoms with van der Waals surface area (Å²) in [5.74, 6) is -0.0289. The van der Waals surface area contributed by atoms with Crippen LogP contribution in [-0.2, 0) is 20.9 Å². The molecule has 0 aromatic carbocycles. The smallest absolute Gasteiger partial charge is 0.326 e. The average Bonchev–Trinajstić information content (AvgIpc) is 3.06. The number of esters is 1. The van der Waals surface area contributed by atoms with Gasteiger partial charge in [-0.1, -0.05) is 5.16 Å². The van der Waals surface area contributed by atoms with Gasteiger partial charge in [0.15, 0.2) is 5.76 Å². The van der Waals surface area contributed by atoms with Gasteiger partial charge in [-0.05, 0) is 37.8 Å². The first-order valence-electron chi connectivity index (χ1n) is 8.26. The molecule has 0 radical (unpaired) electrons. The summed E-state index contributed by atoms with van der Waals surface area (Å²) in [7, 11) is 0. The van der Waals surface area contributed by atoms with Crippen LogP contribution in [0.5, 0.6) is 0 Å². The fraction of sp³-hybridized carbons (Fsp3) is 0.412. The van der Waals surface area contributed by atoms with E-state index in [0.29, 0.717) is 17.2 Å². The Hall–Kier alpha value is -3.10. The van der Waals surface area contributed by atoms with Crippen molar-refractivity contribution < 1.29 is 28.1 Å². The Kier molecular flexibility index (Phi) is 3.78. The molecule has 4 rings (SSSR count). The van der Waals surface area contributed by atoms with Gasteiger partial charge in [0.05, 0.1) is 6.26 Å². The first-order valence-corrected chi connectivity index (χ1v) is 8.26.